The lowest BCUT2D eigenvalue weighted by atomic mass is 9.89. The molecule has 0 bridgehead atoms. The molecule has 0 aliphatic heterocycles. The molecule has 0 aromatic carbocycles. The lowest BCUT2D eigenvalue weighted by Gasteiger charge is -2.23. The van der Waals surface area contributed by atoms with E-state index in [2.05, 4.69) is 10.3 Å². The molecule has 1 aliphatic rings. The Balaban J connectivity index is 0.00000361. The van der Waals surface area contributed by atoms with Gasteiger partial charge < -0.3 is 15.1 Å². The molecule has 1 fully saturated rings. The molecule has 0 aromatic heterocycles. The summed E-state index contributed by atoms with van der Waals surface area (Å²) >= 11 is 0. The lowest BCUT2D eigenvalue weighted by Crippen LogP contribution is -2.37. The minimum atomic E-state index is 0. The standard InChI is InChI=1S/C14H28N4O.HI/c1-17(2)14(18(3)4)16-11-10-15-13(19)12-8-6-5-7-9-12;/h12H,5-11H2,1-4H3,(H,15,19);1H. The Labute approximate surface area is 140 Å². The van der Waals surface area contributed by atoms with E-state index in [1.807, 2.05) is 38.0 Å². The molecule has 0 aromatic rings. The fourth-order valence-corrected chi connectivity index (χ4v) is 2.53. The number of carbonyl (C=O) groups excluding carboxylic acids is 1. The van der Waals surface area contributed by atoms with Crippen LogP contribution in [0.3, 0.4) is 0 Å². The van der Waals surface area contributed by atoms with Crippen molar-refractivity contribution >= 4 is 35.8 Å². The van der Waals surface area contributed by atoms with Gasteiger partial charge in [-0.3, -0.25) is 9.79 Å². The van der Waals surface area contributed by atoms with E-state index in [9.17, 15) is 4.79 Å². The zero-order chi connectivity index (χ0) is 14.3. The van der Waals surface area contributed by atoms with Crippen LogP contribution >= 0.6 is 24.0 Å². The highest BCUT2D eigenvalue weighted by Gasteiger charge is 2.20. The van der Waals surface area contributed by atoms with E-state index in [-0.39, 0.29) is 35.8 Å². The van der Waals surface area contributed by atoms with Crippen LogP contribution in [0, 0.1) is 5.92 Å². The van der Waals surface area contributed by atoms with Gasteiger partial charge in [-0.2, -0.15) is 0 Å². The quantitative estimate of drug-likeness (QED) is 0.341. The molecule has 0 saturated heterocycles. The van der Waals surface area contributed by atoms with Gasteiger partial charge >= 0.3 is 0 Å². The van der Waals surface area contributed by atoms with Crippen LogP contribution in [0.15, 0.2) is 4.99 Å². The molecule has 1 aliphatic carbocycles. The van der Waals surface area contributed by atoms with Crippen molar-refractivity contribution in [1.29, 1.82) is 0 Å². The van der Waals surface area contributed by atoms with Crippen LogP contribution in [0.5, 0.6) is 0 Å². The molecule has 5 nitrogen and oxygen atoms in total. The Morgan fingerprint density at radius 2 is 1.65 bits per heavy atom. The summed E-state index contributed by atoms with van der Waals surface area (Å²) in [7, 11) is 7.89. The highest BCUT2D eigenvalue weighted by atomic mass is 127. The first-order valence-corrected chi connectivity index (χ1v) is 7.19. The second kappa shape index (κ2) is 10.2. The molecule has 6 heteroatoms. The Kier molecular flexibility index (Phi) is 9.96. The van der Waals surface area contributed by atoms with E-state index in [0.29, 0.717) is 13.1 Å². The summed E-state index contributed by atoms with van der Waals surface area (Å²) in [5.41, 5.74) is 0. The van der Waals surface area contributed by atoms with E-state index in [4.69, 9.17) is 0 Å². The predicted molar refractivity (Wildman–Crippen MR) is 94.7 cm³/mol. The van der Waals surface area contributed by atoms with Gasteiger partial charge in [0.1, 0.15) is 0 Å². The summed E-state index contributed by atoms with van der Waals surface area (Å²) in [6, 6.07) is 0. The molecule has 0 atom stereocenters. The second-order valence-corrected chi connectivity index (χ2v) is 5.60. The number of rotatable bonds is 4. The number of carbonyl (C=O) groups is 1. The molecular weight excluding hydrogens is 367 g/mol. The SMILES string of the molecule is CN(C)C(=NCCNC(=O)C1CCCCC1)N(C)C.I. The summed E-state index contributed by atoms with van der Waals surface area (Å²) in [5, 5.41) is 3.00. The smallest absolute Gasteiger partial charge is 0.223 e. The third-order valence-corrected chi connectivity index (χ3v) is 3.44. The Morgan fingerprint density at radius 1 is 1.10 bits per heavy atom. The van der Waals surface area contributed by atoms with Crippen molar-refractivity contribution < 1.29 is 4.79 Å². The largest absolute Gasteiger partial charge is 0.354 e. The van der Waals surface area contributed by atoms with Crippen LogP contribution < -0.4 is 5.32 Å². The van der Waals surface area contributed by atoms with Crippen molar-refractivity contribution in [2.75, 3.05) is 41.3 Å². The molecule has 1 rings (SSSR count). The number of aliphatic imine (C=N–C) groups is 1. The van der Waals surface area contributed by atoms with Crippen molar-refractivity contribution in [2.24, 2.45) is 10.9 Å². The third kappa shape index (κ3) is 6.76. The summed E-state index contributed by atoms with van der Waals surface area (Å²) in [6.07, 6.45) is 5.78. The molecule has 1 saturated carbocycles. The zero-order valence-corrected chi connectivity index (χ0v) is 15.5. The number of guanidine groups is 1. The molecule has 0 heterocycles. The second-order valence-electron chi connectivity index (χ2n) is 5.60. The van der Waals surface area contributed by atoms with E-state index >= 15 is 0 Å². The van der Waals surface area contributed by atoms with Crippen molar-refractivity contribution in [1.82, 2.24) is 15.1 Å². The van der Waals surface area contributed by atoms with Crippen molar-refractivity contribution in [3.63, 3.8) is 0 Å². The average molecular weight is 396 g/mol. The maximum Gasteiger partial charge on any atom is 0.223 e. The average Bonchev–Trinajstić information content (AvgIpc) is 2.38. The lowest BCUT2D eigenvalue weighted by molar-refractivity contribution is -0.125. The van der Waals surface area contributed by atoms with Crippen LogP contribution in [0.1, 0.15) is 32.1 Å². The Morgan fingerprint density at radius 3 is 2.15 bits per heavy atom. The molecule has 0 spiro atoms. The molecule has 0 radical (unpaired) electrons. The molecule has 20 heavy (non-hydrogen) atoms. The minimum Gasteiger partial charge on any atom is -0.354 e. The van der Waals surface area contributed by atoms with Gasteiger partial charge in [0.05, 0.1) is 6.54 Å². The summed E-state index contributed by atoms with van der Waals surface area (Å²) in [6.45, 7) is 1.25. The van der Waals surface area contributed by atoms with E-state index in [1.165, 1.54) is 19.3 Å². The number of amides is 1. The fourth-order valence-electron chi connectivity index (χ4n) is 2.53. The van der Waals surface area contributed by atoms with Gasteiger partial charge in [0, 0.05) is 40.7 Å². The molecule has 0 unspecified atom stereocenters. The van der Waals surface area contributed by atoms with Gasteiger partial charge in [0.2, 0.25) is 5.91 Å². The van der Waals surface area contributed by atoms with Crippen LogP contribution in [0.2, 0.25) is 0 Å². The number of hydrogen-bond acceptors (Lipinski definition) is 2. The summed E-state index contributed by atoms with van der Waals surface area (Å²) in [5.74, 6) is 1.37. The van der Waals surface area contributed by atoms with E-state index < -0.39 is 0 Å². The highest BCUT2D eigenvalue weighted by molar-refractivity contribution is 14.0. The first kappa shape index (κ1) is 19.5. The Hall–Kier alpha value is -0.530. The van der Waals surface area contributed by atoms with E-state index in [0.717, 1.165) is 18.8 Å². The van der Waals surface area contributed by atoms with Crippen LogP contribution in [-0.2, 0) is 4.79 Å². The fraction of sp³-hybridized carbons (Fsp3) is 0.857. The van der Waals surface area contributed by atoms with Gasteiger partial charge in [0.15, 0.2) is 5.96 Å². The minimum absolute atomic E-state index is 0. The summed E-state index contributed by atoms with van der Waals surface area (Å²) in [4.78, 5) is 20.4. The predicted octanol–water partition coefficient (Wildman–Crippen LogP) is 1.78. The maximum atomic E-state index is 11.9. The van der Waals surface area contributed by atoms with Gasteiger partial charge in [-0.05, 0) is 12.8 Å². The Bertz CT molecular complexity index is 302. The normalized spacial score (nSPS) is 15.0. The molecule has 1 amide bonds. The van der Waals surface area contributed by atoms with Gasteiger partial charge in [-0.25, -0.2) is 0 Å². The van der Waals surface area contributed by atoms with Crippen molar-refractivity contribution in [3.05, 3.63) is 0 Å². The third-order valence-electron chi connectivity index (χ3n) is 3.44. The van der Waals surface area contributed by atoms with Crippen molar-refractivity contribution in [2.45, 2.75) is 32.1 Å². The molecule has 1 N–H and O–H groups in total. The highest BCUT2D eigenvalue weighted by Crippen LogP contribution is 2.23. The number of nitrogens with one attached hydrogen (secondary N) is 1. The first-order chi connectivity index (χ1) is 9.02. The maximum absolute atomic E-state index is 11.9. The summed E-state index contributed by atoms with van der Waals surface area (Å²) < 4.78 is 0. The van der Waals surface area contributed by atoms with Crippen molar-refractivity contribution in [3.8, 4) is 0 Å². The molecular formula is C14H29IN4O. The number of hydrogen-bond donors (Lipinski definition) is 1. The van der Waals surface area contributed by atoms with Crippen LogP contribution in [-0.4, -0.2) is 62.9 Å². The topological polar surface area (TPSA) is 47.9 Å². The zero-order valence-electron chi connectivity index (χ0n) is 13.2. The van der Waals surface area contributed by atoms with Gasteiger partial charge in [-0.15, -0.1) is 24.0 Å². The van der Waals surface area contributed by atoms with Gasteiger partial charge in [0.25, 0.3) is 0 Å². The number of halogens is 1. The monoisotopic (exact) mass is 396 g/mol. The van der Waals surface area contributed by atoms with Gasteiger partial charge in [-0.1, -0.05) is 19.3 Å². The molecule has 118 valence electrons. The first-order valence-electron chi connectivity index (χ1n) is 7.19. The number of nitrogens with zero attached hydrogens (tertiary/aromatic N) is 3. The van der Waals surface area contributed by atoms with Crippen LogP contribution in [0.4, 0.5) is 0 Å². The van der Waals surface area contributed by atoms with E-state index in [1.54, 1.807) is 0 Å². The van der Waals surface area contributed by atoms with Crippen LogP contribution in [0.25, 0.3) is 0 Å².